The Balaban J connectivity index is 2.86. The molecule has 0 aliphatic heterocycles. The second kappa shape index (κ2) is 3.49. The van der Waals surface area contributed by atoms with E-state index in [1.807, 2.05) is 0 Å². The highest BCUT2D eigenvalue weighted by atomic mass is 14.9. The van der Waals surface area contributed by atoms with Gasteiger partial charge in [-0.3, -0.25) is 0 Å². The molecule has 0 N–H and O–H groups in total. The average Bonchev–Trinajstić information content (AvgIpc) is 1.94. The van der Waals surface area contributed by atoms with Crippen molar-refractivity contribution in [1.82, 2.24) is 0 Å². The van der Waals surface area contributed by atoms with E-state index in [-0.39, 0.29) is 0 Å². The minimum atomic E-state index is 0.381. The molecule has 0 radical (unpaired) electrons. The lowest BCUT2D eigenvalue weighted by atomic mass is 9.88. The van der Waals surface area contributed by atoms with Crippen molar-refractivity contribution in [3.8, 4) is 0 Å². The number of hydrogen-bond acceptors (Lipinski definition) is 0. The van der Waals surface area contributed by atoms with E-state index < -0.39 is 0 Å². The van der Waals surface area contributed by atoms with E-state index in [1.165, 1.54) is 11.3 Å². The second-order valence-electron chi connectivity index (χ2n) is 5.02. The maximum atomic E-state index is 2.27. The molecule has 0 aromatic carbocycles. The van der Waals surface area contributed by atoms with Crippen LogP contribution in [0.5, 0.6) is 0 Å². The van der Waals surface area contributed by atoms with Crippen LogP contribution in [0.15, 0.2) is 18.3 Å². The first-order chi connectivity index (χ1) is 5.88. The molecule has 0 saturated carbocycles. The van der Waals surface area contributed by atoms with E-state index in [4.69, 9.17) is 0 Å². The van der Waals surface area contributed by atoms with Gasteiger partial charge in [0, 0.05) is 19.1 Å². The molecule has 0 bridgehead atoms. The van der Waals surface area contributed by atoms with Crippen molar-refractivity contribution in [3.63, 3.8) is 0 Å². The van der Waals surface area contributed by atoms with Gasteiger partial charge in [-0.05, 0) is 17.4 Å². The van der Waals surface area contributed by atoms with Crippen molar-refractivity contribution >= 4 is 0 Å². The summed E-state index contributed by atoms with van der Waals surface area (Å²) in [6, 6.07) is 4.48. The number of rotatable bonds is 1. The maximum absolute atomic E-state index is 2.27. The Hall–Kier alpha value is -0.850. The summed E-state index contributed by atoms with van der Waals surface area (Å²) in [6.45, 7) is 8.96. The van der Waals surface area contributed by atoms with E-state index in [9.17, 15) is 0 Å². The molecule has 0 fully saturated rings. The molecule has 13 heavy (non-hydrogen) atoms. The maximum Gasteiger partial charge on any atom is 0.178 e. The van der Waals surface area contributed by atoms with Crippen LogP contribution in [-0.4, -0.2) is 0 Å². The standard InChI is InChI=1S/C12H20N/c1-10-8-11(6-7-13(10)5)9-12(2,3)4/h6-8H,9H2,1-5H3/q+1. The van der Waals surface area contributed by atoms with Crippen molar-refractivity contribution in [2.45, 2.75) is 34.1 Å². The van der Waals surface area contributed by atoms with Gasteiger partial charge in [-0.25, -0.2) is 4.57 Å². The van der Waals surface area contributed by atoms with Crippen LogP contribution < -0.4 is 4.57 Å². The third kappa shape index (κ3) is 3.17. The second-order valence-corrected chi connectivity index (χ2v) is 5.02. The first kappa shape index (κ1) is 10.2. The molecule has 1 aromatic rings. The van der Waals surface area contributed by atoms with Crippen molar-refractivity contribution < 1.29 is 4.57 Å². The molecule has 0 unspecified atom stereocenters. The topological polar surface area (TPSA) is 3.88 Å². The third-order valence-electron chi connectivity index (χ3n) is 2.20. The van der Waals surface area contributed by atoms with Crippen LogP contribution in [0.4, 0.5) is 0 Å². The lowest BCUT2D eigenvalue weighted by molar-refractivity contribution is -0.677. The van der Waals surface area contributed by atoms with Gasteiger partial charge >= 0.3 is 0 Å². The van der Waals surface area contributed by atoms with Crippen LogP contribution >= 0.6 is 0 Å². The zero-order valence-electron chi connectivity index (χ0n) is 9.39. The van der Waals surface area contributed by atoms with Gasteiger partial charge in [0.05, 0.1) is 0 Å². The monoisotopic (exact) mass is 178 g/mol. The van der Waals surface area contributed by atoms with Crippen molar-refractivity contribution in [2.75, 3.05) is 0 Å². The summed E-state index contributed by atoms with van der Waals surface area (Å²) >= 11 is 0. The summed E-state index contributed by atoms with van der Waals surface area (Å²) in [7, 11) is 2.08. The number of aromatic nitrogens is 1. The Morgan fingerprint density at radius 1 is 1.31 bits per heavy atom. The van der Waals surface area contributed by atoms with Crippen molar-refractivity contribution in [2.24, 2.45) is 12.5 Å². The lowest BCUT2D eigenvalue weighted by Crippen LogP contribution is -2.31. The molecule has 1 heteroatoms. The van der Waals surface area contributed by atoms with Gasteiger partial charge in [0.1, 0.15) is 7.05 Å². The zero-order valence-corrected chi connectivity index (χ0v) is 9.39. The zero-order chi connectivity index (χ0) is 10.1. The third-order valence-corrected chi connectivity index (χ3v) is 2.20. The summed E-state index contributed by atoms with van der Waals surface area (Å²) in [4.78, 5) is 0. The highest BCUT2D eigenvalue weighted by Crippen LogP contribution is 2.19. The Bertz CT molecular complexity index is 294. The van der Waals surface area contributed by atoms with E-state index in [0.717, 1.165) is 6.42 Å². The quantitative estimate of drug-likeness (QED) is 0.581. The Kier molecular flexibility index (Phi) is 2.74. The molecular formula is C12H20N+. The van der Waals surface area contributed by atoms with Gasteiger partial charge in [0.2, 0.25) is 0 Å². The molecule has 1 rings (SSSR count). The predicted octanol–water partition coefficient (Wildman–Crippen LogP) is 2.41. The van der Waals surface area contributed by atoms with E-state index in [2.05, 4.69) is 57.6 Å². The van der Waals surface area contributed by atoms with Gasteiger partial charge in [-0.15, -0.1) is 0 Å². The number of nitrogens with zero attached hydrogens (tertiary/aromatic N) is 1. The highest BCUT2D eigenvalue weighted by molar-refractivity contribution is 5.13. The van der Waals surface area contributed by atoms with Crippen LogP contribution in [-0.2, 0) is 13.5 Å². The molecule has 0 aliphatic carbocycles. The van der Waals surface area contributed by atoms with Crippen molar-refractivity contribution in [3.05, 3.63) is 29.6 Å². The van der Waals surface area contributed by atoms with Crippen LogP contribution in [0.2, 0.25) is 0 Å². The summed E-state index contributed by atoms with van der Waals surface area (Å²) in [5.74, 6) is 0. The molecule has 1 aromatic heterocycles. The molecule has 72 valence electrons. The molecule has 1 nitrogen and oxygen atoms in total. The smallest absolute Gasteiger partial charge is 0.178 e. The Morgan fingerprint density at radius 3 is 2.38 bits per heavy atom. The number of aryl methyl sites for hydroxylation is 2. The minimum Gasteiger partial charge on any atom is -0.205 e. The fourth-order valence-electron chi connectivity index (χ4n) is 1.47. The minimum absolute atomic E-state index is 0.381. The molecule has 0 spiro atoms. The summed E-state index contributed by atoms with van der Waals surface area (Å²) in [5.41, 5.74) is 3.14. The molecule has 0 saturated heterocycles. The van der Waals surface area contributed by atoms with Gasteiger partial charge in [0.25, 0.3) is 0 Å². The van der Waals surface area contributed by atoms with Gasteiger partial charge in [-0.1, -0.05) is 20.8 Å². The average molecular weight is 178 g/mol. The first-order valence-corrected chi connectivity index (χ1v) is 4.84. The predicted molar refractivity (Wildman–Crippen MR) is 55.5 cm³/mol. The van der Waals surface area contributed by atoms with Crippen LogP contribution in [0.3, 0.4) is 0 Å². The summed E-state index contributed by atoms with van der Waals surface area (Å²) < 4.78 is 2.14. The van der Waals surface area contributed by atoms with Crippen LogP contribution in [0.25, 0.3) is 0 Å². The molecule has 1 heterocycles. The molecular weight excluding hydrogens is 158 g/mol. The Labute approximate surface area is 81.4 Å². The highest BCUT2D eigenvalue weighted by Gasteiger charge is 2.12. The normalized spacial score (nSPS) is 11.8. The Morgan fingerprint density at radius 2 is 1.92 bits per heavy atom. The fourth-order valence-corrected chi connectivity index (χ4v) is 1.47. The largest absolute Gasteiger partial charge is 0.205 e. The van der Waals surface area contributed by atoms with Crippen LogP contribution in [0.1, 0.15) is 32.0 Å². The summed E-state index contributed by atoms with van der Waals surface area (Å²) in [6.07, 6.45) is 3.28. The molecule has 0 atom stereocenters. The molecule has 0 aliphatic rings. The van der Waals surface area contributed by atoms with Gasteiger partial charge in [-0.2, -0.15) is 0 Å². The van der Waals surface area contributed by atoms with E-state index >= 15 is 0 Å². The molecule has 0 amide bonds. The lowest BCUT2D eigenvalue weighted by Gasteiger charge is -2.17. The number of hydrogen-bond donors (Lipinski definition) is 0. The van der Waals surface area contributed by atoms with E-state index in [0.29, 0.717) is 5.41 Å². The van der Waals surface area contributed by atoms with Crippen molar-refractivity contribution in [1.29, 1.82) is 0 Å². The van der Waals surface area contributed by atoms with Gasteiger partial charge in [0.15, 0.2) is 11.9 Å². The van der Waals surface area contributed by atoms with E-state index in [1.54, 1.807) is 0 Å². The van der Waals surface area contributed by atoms with Gasteiger partial charge < -0.3 is 0 Å². The number of pyridine rings is 1. The SMILES string of the molecule is Cc1cc(CC(C)(C)C)cc[n+]1C. The first-order valence-electron chi connectivity index (χ1n) is 4.84. The fraction of sp³-hybridized carbons (Fsp3) is 0.583. The summed E-state index contributed by atoms with van der Waals surface area (Å²) in [5, 5.41) is 0. The van der Waals surface area contributed by atoms with Crippen LogP contribution in [0, 0.1) is 12.3 Å².